The molecule has 0 aromatic heterocycles. The van der Waals surface area contributed by atoms with Crippen LogP contribution < -0.4 is 4.74 Å². The minimum atomic E-state index is 0.527. The van der Waals surface area contributed by atoms with E-state index in [9.17, 15) is 0 Å². The molecule has 0 fully saturated rings. The molecular weight excluding hydrogens is 208 g/mol. The van der Waals surface area contributed by atoms with Crippen molar-refractivity contribution >= 4 is 16.8 Å². The molecule has 0 bridgehead atoms. The second-order valence-electron chi connectivity index (χ2n) is 4.61. The van der Waals surface area contributed by atoms with Crippen LogP contribution in [0.4, 0.5) is 0 Å². The van der Waals surface area contributed by atoms with Crippen molar-refractivity contribution in [2.24, 2.45) is 5.92 Å². The third-order valence-electron chi connectivity index (χ3n) is 2.71. The van der Waals surface area contributed by atoms with Gasteiger partial charge in [-0.3, -0.25) is 0 Å². The van der Waals surface area contributed by atoms with Crippen LogP contribution in [0, 0.1) is 5.92 Å². The highest BCUT2D eigenvalue weighted by molar-refractivity contribution is 5.92. The molecule has 0 aliphatic carbocycles. The zero-order chi connectivity index (χ0) is 12.3. The maximum absolute atomic E-state index is 5.83. The van der Waals surface area contributed by atoms with Crippen molar-refractivity contribution in [1.82, 2.24) is 0 Å². The Labute approximate surface area is 103 Å². The van der Waals surface area contributed by atoms with Crippen LogP contribution in [-0.4, -0.2) is 6.61 Å². The molecule has 0 N–H and O–H groups in total. The molecule has 0 unspecified atom stereocenters. The molecule has 0 radical (unpaired) electrons. The van der Waals surface area contributed by atoms with Crippen molar-refractivity contribution in [3.05, 3.63) is 48.5 Å². The second kappa shape index (κ2) is 5.05. The normalized spacial score (nSPS) is 10.8. The first-order chi connectivity index (χ1) is 8.22. The summed E-state index contributed by atoms with van der Waals surface area (Å²) in [6, 6.07) is 12.4. The van der Waals surface area contributed by atoms with Crippen LogP contribution >= 0.6 is 0 Å². The van der Waals surface area contributed by atoms with Crippen LogP contribution in [-0.2, 0) is 0 Å². The predicted octanol–water partition coefficient (Wildman–Crippen LogP) is 4.52. The van der Waals surface area contributed by atoms with Crippen LogP contribution in [0.25, 0.3) is 16.8 Å². The average molecular weight is 226 g/mol. The highest BCUT2D eigenvalue weighted by atomic mass is 16.5. The molecule has 2 aromatic carbocycles. The number of hydrogen-bond acceptors (Lipinski definition) is 1. The first-order valence-corrected chi connectivity index (χ1v) is 5.99. The van der Waals surface area contributed by atoms with Crippen LogP contribution in [0.2, 0.25) is 0 Å². The fraction of sp³-hybridized carbons (Fsp3) is 0.250. The molecule has 1 heteroatoms. The van der Waals surface area contributed by atoms with Crippen LogP contribution in [0.3, 0.4) is 0 Å². The fourth-order valence-corrected chi connectivity index (χ4v) is 1.87. The number of fused-ring (bicyclic) bond motifs is 1. The van der Waals surface area contributed by atoms with Gasteiger partial charge >= 0.3 is 0 Å². The van der Waals surface area contributed by atoms with Gasteiger partial charge in [0.2, 0.25) is 0 Å². The zero-order valence-electron chi connectivity index (χ0n) is 10.4. The molecule has 2 rings (SSSR count). The molecule has 0 heterocycles. The molecule has 17 heavy (non-hydrogen) atoms. The van der Waals surface area contributed by atoms with E-state index in [0.29, 0.717) is 5.92 Å². The van der Waals surface area contributed by atoms with Gasteiger partial charge in [0, 0.05) is 5.56 Å². The van der Waals surface area contributed by atoms with Gasteiger partial charge in [-0.15, -0.1) is 0 Å². The SMILES string of the molecule is C=Cc1c(OCC(C)C)ccc2ccccc12. The van der Waals surface area contributed by atoms with E-state index in [0.717, 1.165) is 17.9 Å². The standard InChI is InChI=1S/C16H18O/c1-4-14-15-8-6-5-7-13(15)9-10-16(14)17-11-12(2)3/h4-10,12H,1,11H2,2-3H3. The largest absolute Gasteiger partial charge is 0.493 e. The van der Waals surface area contributed by atoms with Crippen molar-refractivity contribution in [1.29, 1.82) is 0 Å². The van der Waals surface area contributed by atoms with Crippen LogP contribution in [0.15, 0.2) is 43.0 Å². The van der Waals surface area contributed by atoms with Gasteiger partial charge in [0.15, 0.2) is 0 Å². The Kier molecular flexibility index (Phi) is 3.48. The molecule has 0 saturated heterocycles. The van der Waals surface area contributed by atoms with E-state index in [2.05, 4.69) is 38.6 Å². The molecule has 0 saturated carbocycles. The van der Waals surface area contributed by atoms with Crippen molar-refractivity contribution in [2.75, 3.05) is 6.61 Å². The minimum absolute atomic E-state index is 0.527. The summed E-state index contributed by atoms with van der Waals surface area (Å²) in [5.41, 5.74) is 1.09. The Morgan fingerprint density at radius 3 is 2.65 bits per heavy atom. The minimum Gasteiger partial charge on any atom is -0.493 e. The summed E-state index contributed by atoms with van der Waals surface area (Å²) in [4.78, 5) is 0. The van der Waals surface area contributed by atoms with E-state index < -0.39 is 0 Å². The highest BCUT2D eigenvalue weighted by Gasteiger charge is 2.06. The summed E-state index contributed by atoms with van der Waals surface area (Å²) >= 11 is 0. The van der Waals surface area contributed by atoms with Gasteiger partial charge in [-0.1, -0.05) is 56.8 Å². The lowest BCUT2D eigenvalue weighted by Crippen LogP contribution is -2.05. The van der Waals surface area contributed by atoms with E-state index in [1.807, 2.05) is 24.3 Å². The lowest BCUT2D eigenvalue weighted by Gasteiger charge is -2.13. The number of benzene rings is 2. The lowest BCUT2D eigenvalue weighted by molar-refractivity contribution is 0.271. The molecule has 88 valence electrons. The van der Waals surface area contributed by atoms with Crippen molar-refractivity contribution in [2.45, 2.75) is 13.8 Å². The van der Waals surface area contributed by atoms with Crippen LogP contribution in [0.1, 0.15) is 19.4 Å². The van der Waals surface area contributed by atoms with E-state index in [4.69, 9.17) is 4.74 Å². The number of hydrogen-bond donors (Lipinski definition) is 0. The predicted molar refractivity (Wildman–Crippen MR) is 74.4 cm³/mol. The van der Waals surface area contributed by atoms with Crippen LogP contribution in [0.5, 0.6) is 5.75 Å². The third kappa shape index (κ3) is 2.50. The summed E-state index contributed by atoms with van der Waals surface area (Å²) in [5.74, 6) is 1.45. The molecular formula is C16H18O. The van der Waals surface area contributed by atoms with E-state index in [1.165, 1.54) is 10.8 Å². The topological polar surface area (TPSA) is 9.23 Å². The Morgan fingerprint density at radius 1 is 1.18 bits per heavy atom. The smallest absolute Gasteiger partial charge is 0.127 e. The van der Waals surface area contributed by atoms with Crippen molar-refractivity contribution in [3.8, 4) is 5.75 Å². The number of rotatable bonds is 4. The van der Waals surface area contributed by atoms with Crippen molar-refractivity contribution in [3.63, 3.8) is 0 Å². The third-order valence-corrected chi connectivity index (χ3v) is 2.71. The zero-order valence-corrected chi connectivity index (χ0v) is 10.4. The molecule has 0 amide bonds. The highest BCUT2D eigenvalue weighted by Crippen LogP contribution is 2.29. The average Bonchev–Trinajstić information content (AvgIpc) is 2.35. The Balaban J connectivity index is 2.45. The van der Waals surface area contributed by atoms with Gasteiger partial charge in [-0.25, -0.2) is 0 Å². The molecule has 0 aliphatic rings. The van der Waals surface area contributed by atoms with E-state index in [1.54, 1.807) is 0 Å². The van der Waals surface area contributed by atoms with Gasteiger partial charge < -0.3 is 4.74 Å². The Morgan fingerprint density at radius 2 is 1.94 bits per heavy atom. The fourth-order valence-electron chi connectivity index (χ4n) is 1.87. The van der Waals surface area contributed by atoms with Gasteiger partial charge in [0.25, 0.3) is 0 Å². The molecule has 1 nitrogen and oxygen atoms in total. The summed E-state index contributed by atoms with van der Waals surface area (Å²) in [6.45, 7) is 8.92. The molecule has 2 aromatic rings. The first-order valence-electron chi connectivity index (χ1n) is 5.99. The van der Waals surface area contributed by atoms with Gasteiger partial charge in [-0.05, 0) is 22.8 Å². The summed E-state index contributed by atoms with van der Waals surface area (Å²) in [6.07, 6.45) is 1.87. The molecule has 0 aliphatic heterocycles. The van der Waals surface area contributed by atoms with Gasteiger partial charge in [0.1, 0.15) is 5.75 Å². The van der Waals surface area contributed by atoms with Crippen molar-refractivity contribution < 1.29 is 4.74 Å². The maximum Gasteiger partial charge on any atom is 0.127 e. The monoisotopic (exact) mass is 226 g/mol. The maximum atomic E-state index is 5.83. The van der Waals surface area contributed by atoms with Gasteiger partial charge in [-0.2, -0.15) is 0 Å². The summed E-state index contributed by atoms with van der Waals surface area (Å²) in [7, 11) is 0. The lowest BCUT2D eigenvalue weighted by atomic mass is 10.0. The Bertz CT molecular complexity index is 526. The Hall–Kier alpha value is -1.76. The van der Waals surface area contributed by atoms with E-state index >= 15 is 0 Å². The summed E-state index contributed by atoms with van der Waals surface area (Å²) in [5, 5.41) is 2.42. The number of ether oxygens (including phenoxy) is 1. The summed E-state index contributed by atoms with van der Waals surface area (Å²) < 4.78 is 5.83. The quantitative estimate of drug-likeness (QED) is 0.745. The first kappa shape index (κ1) is 11.7. The molecule has 0 spiro atoms. The molecule has 0 atom stereocenters. The van der Waals surface area contributed by atoms with E-state index in [-0.39, 0.29) is 0 Å². The second-order valence-corrected chi connectivity index (χ2v) is 4.61. The van der Waals surface area contributed by atoms with Gasteiger partial charge in [0.05, 0.1) is 6.61 Å².